The quantitative estimate of drug-likeness (QED) is 0.0622. The number of nitrogens with two attached hydrogens (primary N) is 1. The number of hydrogen-bond donors (Lipinski definition) is 2. The van der Waals surface area contributed by atoms with E-state index in [0.29, 0.717) is 5.52 Å². The zero-order valence-corrected chi connectivity index (χ0v) is 32.9. The van der Waals surface area contributed by atoms with Crippen molar-refractivity contribution in [3.05, 3.63) is 126 Å². The Kier molecular flexibility index (Phi) is 13.2. The van der Waals surface area contributed by atoms with E-state index in [0.717, 1.165) is 12.8 Å². The highest BCUT2D eigenvalue weighted by molar-refractivity contribution is 7.52. The first-order valence-electron chi connectivity index (χ1n) is 18.6. The Morgan fingerprint density at radius 2 is 1.53 bits per heavy atom. The number of nitrogen functional groups attached to an aromatic ring is 1. The van der Waals surface area contributed by atoms with E-state index in [1.165, 1.54) is 60.2 Å². The van der Waals surface area contributed by atoms with Gasteiger partial charge in [-0.25, -0.2) is 23.7 Å². The van der Waals surface area contributed by atoms with Crippen LogP contribution in [0.15, 0.2) is 109 Å². The number of nitrogens with one attached hydrogen (secondary N) is 1. The molecule has 3 N–H and O–H groups in total. The molecule has 0 amide bonds. The van der Waals surface area contributed by atoms with Crippen molar-refractivity contribution >= 4 is 37.0 Å². The van der Waals surface area contributed by atoms with E-state index >= 15 is 0 Å². The van der Waals surface area contributed by atoms with Crippen molar-refractivity contribution in [2.45, 2.75) is 63.6 Å². The normalized spacial score (nSPS) is 20.4. The number of para-hydroxylation sites is 1. The highest BCUT2D eigenvalue weighted by Gasteiger charge is 2.63. The fourth-order valence-corrected chi connectivity index (χ4v) is 7.85. The molecule has 6 atom stereocenters. The number of fused-ring (bicyclic) bond motifs is 1. The van der Waals surface area contributed by atoms with Crippen molar-refractivity contribution in [2.24, 2.45) is 5.92 Å². The molecule has 0 aliphatic carbocycles. The zero-order valence-electron chi connectivity index (χ0n) is 32.0. The number of nitriles is 1. The standard InChI is InChI=1S/C41H43N6O10P/c1-4-28(5-2)23-52-38(48)27(3)46-58(51,57-31-19-13-8-14-20-31)53-24-33-35(54-39(49)29-15-9-6-10-16-29)36(55-40(50)30-17-11-7-12-18-30)41(25-42,56-33)34-22-21-32-37(43)44-26-45-47(32)34/h6-22,26-28,33,35-36H,4-5,23-24H2,1-3H3,(H,46,51)(H2,43,44,45). The Labute approximate surface area is 334 Å². The summed E-state index contributed by atoms with van der Waals surface area (Å²) in [5, 5.41) is 18.0. The lowest BCUT2D eigenvalue weighted by Gasteiger charge is -2.28. The topological polar surface area (TPSA) is 216 Å². The largest absolute Gasteiger partial charge is 0.464 e. The Balaban J connectivity index is 1.40. The second-order valence-electron chi connectivity index (χ2n) is 13.5. The molecule has 0 spiro atoms. The minimum atomic E-state index is -4.54. The number of benzene rings is 3. The van der Waals surface area contributed by atoms with Gasteiger partial charge in [0.1, 0.15) is 35.8 Å². The van der Waals surface area contributed by atoms with Gasteiger partial charge in [-0.3, -0.25) is 9.32 Å². The van der Waals surface area contributed by atoms with Gasteiger partial charge in [-0.05, 0) is 61.4 Å². The number of anilines is 1. The summed E-state index contributed by atoms with van der Waals surface area (Å²) in [5.41, 5.74) is 4.50. The molecule has 3 aromatic carbocycles. The van der Waals surface area contributed by atoms with E-state index in [2.05, 4.69) is 21.2 Å². The smallest absolute Gasteiger partial charge is 0.459 e. The molecule has 302 valence electrons. The van der Waals surface area contributed by atoms with Gasteiger partial charge in [0.25, 0.3) is 0 Å². The summed E-state index contributed by atoms with van der Waals surface area (Å²) in [4.78, 5) is 44.7. The second kappa shape index (κ2) is 18.4. The Morgan fingerprint density at radius 1 is 0.931 bits per heavy atom. The maximum Gasteiger partial charge on any atom is 0.459 e. The number of rotatable bonds is 17. The first-order chi connectivity index (χ1) is 28.0. The predicted molar refractivity (Wildman–Crippen MR) is 209 cm³/mol. The van der Waals surface area contributed by atoms with E-state index in [1.807, 2.05) is 13.8 Å². The Bertz CT molecular complexity index is 2290. The van der Waals surface area contributed by atoms with Crippen LogP contribution in [0.4, 0.5) is 5.82 Å². The average Bonchev–Trinajstić information content (AvgIpc) is 3.81. The van der Waals surface area contributed by atoms with E-state index in [4.69, 9.17) is 33.7 Å². The van der Waals surface area contributed by atoms with Gasteiger partial charge in [-0.15, -0.1) is 0 Å². The summed E-state index contributed by atoms with van der Waals surface area (Å²) in [7, 11) is -4.54. The van der Waals surface area contributed by atoms with Crippen LogP contribution in [-0.2, 0) is 38.4 Å². The SMILES string of the molecule is CCC(CC)COC(=O)C(C)NP(=O)(OCC1OC(C#N)(c2ccc3c(N)ncnn23)C(OC(=O)c2ccccc2)C1OC(=O)c1ccccc1)Oc1ccccc1. The van der Waals surface area contributed by atoms with Crippen molar-refractivity contribution in [3.63, 3.8) is 0 Å². The van der Waals surface area contributed by atoms with E-state index in [-0.39, 0.29) is 40.9 Å². The Morgan fingerprint density at radius 3 is 2.14 bits per heavy atom. The summed E-state index contributed by atoms with van der Waals surface area (Å²) < 4.78 is 52.0. The average molecular weight is 811 g/mol. The van der Waals surface area contributed by atoms with Gasteiger partial charge in [0.15, 0.2) is 18.0 Å². The first kappa shape index (κ1) is 41.5. The maximum atomic E-state index is 14.7. The van der Waals surface area contributed by atoms with Crippen LogP contribution in [-0.4, -0.2) is 70.1 Å². The van der Waals surface area contributed by atoms with E-state index < -0.39 is 62.2 Å². The molecule has 0 bridgehead atoms. The van der Waals surface area contributed by atoms with Gasteiger partial charge in [0, 0.05) is 0 Å². The molecule has 1 saturated heterocycles. The lowest BCUT2D eigenvalue weighted by molar-refractivity contribution is -0.146. The monoisotopic (exact) mass is 810 g/mol. The number of aromatic nitrogens is 3. The van der Waals surface area contributed by atoms with Crippen LogP contribution in [0.5, 0.6) is 5.75 Å². The van der Waals surface area contributed by atoms with Crippen molar-refractivity contribution in [3.8, 4) is 11.8 Å². The van der Waals surface area contributed by atoms with Gasteiger partial charge < -0.3 is 29.2 Å². The Hall–Kier alpha value is -6.11. The number of ether oxygens (including phenoxy) is 4. The molecule has 6 unspecified atom stereocenters. The van der Waals surface area contributed by atoms with Crippen LogP contribution >= 0.6 is 7.75 Å². The van der Waals surface area contributed by atoms with Gasteiger partial charge >= 0.3 is 25.7 Å². The van der Waals surface area contributed by atoms with Gasteiger partial charge in [0.2, 0.25) is 5.60 Å². The molecule has 3 heterocycles. The van der Waals surface area contributed by atoms with Crippen LogP contribution < -0.4 is 15.3 Å². The van der Waals surface area contributed by atoms with Crippen molar-refractivity contribution in [2.75, 3.05) is 18.9 Å². The summed E-state index contributed by atoms with van der Waals surface area (Å²) in [6.07, 6.45) is -1.99. The molecule has 16 nitrogen and oxygen atoms in total. The van der Waals surface area contributed by atoms with Crippen LogP contribution in [0.25, 0.3) is 5.52 Å². The molecule has 1 aliphatic rings. The highest BCUT2D eigenvalue weighted by atomic mass is 31.2. The molecule has 2 aromatic heterocycles. The third kappa shape index (κ3) is 9.19. The van der Waals surface area contributed by atoms with Crippen molar-refractivity contribution in [1.29, 1.82) is 5.26 Å². The molecular formula is C41H43N6O10P. The zero-order chi connectivity index (χ0) is 41.3. The van der Waals surface area contributed by atoms with E-state index in [9.17, 15) is 24.2 Å². The lowest BCUT2D eigenvalue weighted by Crippen LogP contribution is -2.46. The maximum absolute atomic E-state index is 14.7. The fraction of sp³-hybridized carbons (Fsp3) is 0.317. The third-order valence-corrected chi connectivity index (χ3v) is 11.3. The third-order valence-electron chi connectivity index (χ3n) is 9.63. The molecule has 5 aromatic rings. The van der Waals surface area contributed by atoms with Gasteiger partial charge in [-0.2, -0.15) is 15.4 Å². The molecule has 0 radical (unpaired) electrons. The molecular weight excluding hydrogens is 767 g/mol. The minimum Gasteiger partial charge on any atom is -0.464 e. The first-order valence-corrected chi connectivity index (χ1v) is 20.2. The molecule has 58 heavy (non-hydrogen) atoms. The highest BCUT2D eigenvalue weighted by Crippen LogP contribution is 2.48. The van der Waals surface area contributed by atoms with Crippen molar-refractivity contribution < 1.29 is 46.9 Å². The van der Waals surface area contributed by atoms with Crippen LogP contribution in [0, 0.1) is 17.2 Å². The van der Waals surface area contributed by atoms with Crippen LogP contribution in [0.2, 0.25) is 0 Å². The molecule has 6 rings (SSSR count). The molecule has 1 fully saturated rings. The van der Waals surface area contributed by atoms with E-state index in [1.54, 1.807) is 60.7 Å². The molecule has 1 aliphatic heterocycles. The number of esters is 3. The molecule has 0 saturated carbocycles. The summed E-state index contributed by atoms with van der Waals surface area (Å²) in [5.74, 6) is -2.07. The van der Waals surface area contributed by atoms with Gasteiger partial charge in [0.05, 0.1) is 30.0 Å². The summed E-state index contributed by atoms with van der Waals surface area (Å²) in [6, 6.07) is 28.1. The molecule has 17 heteroatoms. The number of carbonyl (C=O) groups is 3. The minimum absolute atomic E-state index is 0.0453. The van der Waals surface area contributed by atoms with Crippen molar-refractivity contribution in [1.82, 2.24) is 19.7 Å². The number of hydrogen-bond acceptors (Lipinski definition) is 14. The number of nitrogens with zero attached hydrogens (tertiary/aromatic N) is 4. The lowest BCUT2D eigenvalue weighted by atomic mass is 9.92. The van der Waals surface area contributed by atoms with Crippen LogP contribution in [0.1, 0.15) is 60.0 Å². The summed E-state index contributed by atoms with van der Waals surface area (Å²) in [6.45, 7) is 4.90. The fourth-order valence-electron chi connectivity index (χ4n) is 6.35. The second-order valence-corrected chi connectivity index (χ2v) is 15.1. The summed E-state index contributed by atoms with van der Waals surface area (Å²) >= 11 is 0. The van der Waals surface area contributed by atoms with Crippen LogP contribution in [0.3, 0.4) is 0 Å². The predicted octanol–water partition coefficient (Wildman–Crippen LogP) is 6.04. The number of carbonyl (C=O) groups excluding carboxylic acids is 3. The van der Waals surface area contributed by atoms with Gasteiger partial charge in [-0.1, -0.05) is 81.3 Å².